The van der Waals surface area contributed by atoms with Gasteiger partial charge in [0.05, 0.1) is 48.2 Å². The largest absolute Gasteiger partial charge is 0.493 e. The number of rotatable bonds is 15. The van der Waals surface area contributed by atoms with E-state index in [1.165, 1.54) is 12.3 Å². The summed E-state index contributed by atoms with van der Waals surface area (Å²) in [5.74, 6) is -1.90. The smallest absolute Gasteiger partial charge is 0.264 e. The molecule has 0 bridgehead atoms. The summed E-state index contributed by atoms with van der Waals surface area (Å²) in [6.45, 7) is 1.63. The van der Waals surface area contributed by atoms with Crippen LogP contribution in [0, 0.1) is 5.92 Å². The van der Waals surface area contributed by atoms with E-state index >= 15 is 0 Å². The Labute approximate surface area is 345 Å². The van der Waals surface area contributed by atoms with E-state index in [4.69, 9.17) is 9.47 Å². The van der Waals surface area contributed by atoms with Gasteiger partial charge in [-0.25, -0.2) is 0 Å². The average Bonchev–Trinajstić information content (AvgIpc) is 3.52. The second kappa shape index (κ2) is 18.3. The molecule has 5 N–H and O–H groups in total. The molecule has 1 aromatic heterocycles. The first-order valence-electron chi connectivity index (χ1n) is 19.9. The Balaban J connectivity index is 0.863. The zero-order valence-electron chi connectivity index (χ0n) is 33.3. The van der Waals surface area contributed by atoms with Crippen molar-refractivity contribution in [2.75, 3.05) is 57.6 Å². The maximum atomic E-state index is 13.3. The van der Waals surface area contributed by atoms with Gasteiger partial charge in [0.25, 0.3) is 17.7 Å². The standard InChI is InChI=1S/C43H46N8O9/c1-44-40(55)29-22-46-31-21-33(59-2)34(20-28(31)39(29)48-26-8-4-3-5-9-26)60-24-25-15-18-50(19-16-25)37(54)12-7-17-45-36(53)23-47-30-11-6-10-27-38(30)43(58)51(42(27)57)32-13-14-35(52)49-41(32)56/h3-6,8-11,20-22,25,32,47H,7,12-19,23-24H2,1-2H3,(H,44,55)(H,45,53)(H,46,48)(H,49,52,56). The summed E-state index contributed by atoms with van der Waals surface area (Å²) in [5, 5.41) is 14.6. The van der Waals surface area contributed by atoms with Crippen LogP contribution in [0.3, 0.4) is 0 Å². The molecule has 3 aromatic carbocycles. The third-order valence-electron chi connectivity index (χ3n) is 10.9. The summed E-state index contributed by atoms with van der Waals surface area (Å²) in [6, 6.07) is 16.7. The highest BCUT2D eigenvalue weighted by molar-refractivity contribution is 6.25. The summed E-state index contributed by atoms with van der Waals surface area (Å²) in [6.07, 6.45) is 3.77. The van der Waals surface area contributed by atoms with E-state index in [0.29, 0.717) is 59.8 Å². The number of benzene rings is 3. The predicted octanol–water partition coefficient (Wildman–Crippen LogP) is 3.37. The number of nitrogens with one attached hydrogen (secondary N) is 5. The lowest BCUT2D eigenvalue weighted by atomic mass is 9.97. The highest BCUT2D eigenvalue weighted by Gasteiger charge is 2.45. The van der Waals surface area contributed by atoms with E-state index in [1.54, 1.807) is 32.4 Å². The molecule has 0 saturated carbocycles. The van der Waals surface area contributed by atoms with Crippen LogP contribution >= 0.6 is 0 Å². The maximum absolute atomic E-state index is 13.3. The van der Waals surface area contributed by atoms with Crippen molar-refractivity contribution in [1.82, 2.24) is 30.7 Å². The van der Waals surface area contributed by atoms with Crippen LogP contribution in [0.25, 0.3) is 10.9 Å². The first-order chi connectivity index (χ1) is 29.1. The number of carbonyl (C=O) groups excluding carboxylic acids is 7. The maximum Gasteiger partial charge on any atom is 0.264 e. The monoisotopic (exact) mass is 818 g/mol. The van der Waals surface area contributed by atoms with Gasteiger partial charge in [-0.15, -0.1) is 0 Å². The highest BCUT2D eigenvalue weighted by Crippen LogP contribution is 2.38. The van der Waals surface area contributed by atoms with Crippen molar-refractivity contribution in [3.05, 3.63) is 83.6 Å². The Kier molecular flexibility index (Phi) is 12.5. The summed E-state index contributed by atoms with van der Waals surface area (Å²) in [4.78, 5) is 96.2. The number of nitrogens with zero attached hydrogens (tertiary/aromatic N) is 3. The predicted molar refractivity (Wildman–Crippen MR) is 220 cm³/mol. The first-order valence-corrected chi connectivity index (χ1v) is 19.9. The number of para-hydroxylation sites is 1. The van der Waals surface area contributed by atoms with Crippen LogP contribution in [-0.4, -0.2) is 109 Å². The molecule has 60 heavy (non-hydrogen) atoms. The minimum Gasteiger partial charge on any atom is -0.493 e. The molecule has 1 unspecified atom stereocenters. The Morgan fingerprint density at radius 3 is 2.45 bits per heavy atom. The number of ether oxygens (including phenoxy) is 2. The van der Waals surface area contributed by atoms with Crippen molar-refractivity contribution >= 4 is 69.3 Å². The number of likely N-dealkylation sites (tertiary alicyclic amines) is 1. The molecule has 17 heteroatoms. The molecule has 7 amide bonds. The van der Waals surface area contributed by atoms with Gasteiger partial charge < -0.3 is 35.6 Å². The van der Waals surface area contributed by atoms with Crippen molar-refractivity contribution in [3.63, 3.8) is 0 Å². The number of carbonyl (C=O) groups is 7. The minimum absolute atomic E-state index is 0.000553. The molecule has 4 aromatic rings. The third-order valence-corrected chi connectivity index (χ3v) is 10.9. The molecule has 3 aliphatic rings. The molecule has 0 aliphatic carbocycles. The molecule has 0 spiro atoms. The number of methoxy groups -OCH3 is 1. The highest BCUT2D eigenvalue weighted by atomic mass is 16.5. The molecule has 4 heterocycles. The van der Waals surface area contributed by atoms with Crippen molar-refractivity contribution < 1.29 is 43.0 Å². The summed E-state index contributed by atoms with van der Waals surface area (Å²) < 4.78 is 12.0. The van der Waals surface area contributed by atoms with Crippen LogP contribution in [0.1, 0.15) is 69.6 Å². The number of anilines is 3. The van der Waals surface area contributed by atoms with Gasteiger partial charge in [-0.05, 0) is 61.9 Å². The van der Waals surface area contributed by atoms with E-state index in [9.17, 15) is 33.6 Å². The quantitative estimate of drug-likeness (QED) is 0.0862. The number of pyridine rings is 1. The van der Waals surface area contributed by atoms with E-state index in [2.05, 4.69) is 31.6 Å². The molecule has 0 radical (unpaired) electrons. The van der Waals surface area contributed by atoms with Gasteiger partial charge in [0, 0.05) is 68.5 Å². The molecular weight excluding hydrogens is 773 g/mol. The van der Waals surface area contributed by atoms with Gasteiger partial charge in [-0.1, -0.05) is 24.3 Å². The van der Waals surface area contributed by atoms with E-state index in [1.807, 2.05) is 41.3 Å². The number of hydrogen-bond acceptors (Lipinski definition) is 12. The van der Waals surface area contributed by atoms with E-state index in [-0.39, 0.29) is 72.8 Å². The van der Waals surface area contributed by atoms with Crippen LogP contribution in [0.4, 0.5) is 17.1 Å². The Morgan fingerprint density at radius 1 is 0.933 bits per heavy atom. The molecule has 17 nitrogen and oxygen atoms in total. The zero-order chi connectivity index (χ0) is 42.3. The molecule has 1 atom stereocenters. The Bertz CT molecular complexity index is 2350. The van der Waals surface area contributed by atoms with E-state index in [0.717, 1.165) is 23.4 Å². The lowest BCUT2D eigenvalue weighted by Gasteiger charge is -2.32. The number of amides is 7. The number of imide groups is 2. The zero-order valence-corrected chi connectivity index (χ0v) is 33.3. The average molecular weight is 819 g/mol. The Hall–Kier alpha value is -7.04. The molecule has 2 saturated heterocycles. The van der Waals surface area contributed by atoms with Crippen LogP contribution in [0.2, 0.25) is 0 Å². The molecular formula is C43H46N8O9. The fourth-order valence-corrected chi connectivity index (χ4v) is 7.66. The van der Waals surface area contributed by atoms with Gasteiger partial charge in [0.15, 0.2) is 11.5 Å². The van der Waals surface area contributed by atoms with Gasteiger partial charge in [-0.2, -0.15) is 0 Å². The van der Waals surface area contributed by atoms with Crippen molar-refractivity contribution in [3.8, 4) is 11.5 Å². The second-order valence-corrected chi connectivity index (χ2v) is 14.8. The first kappa shape index (κ1) is 41.1. The number of fused-ring (bicyclic) bond motifs is 2. The van der Waals surface area contributed by atoms with Crippen molar-refractivity contribution in [2.24, 2.45) is 5.92 Å². The summed E-state index contributed by atoms with van der Waals surface area (Å²) in [5.41, 5.74) is 2.86. The second-order valence-electron chi connectivity index (χ2n) is 14.8. The Morgan fingerprint density at radius 2 is 1.72 bits per heavy atom. The van der Waals surface area contributed by atoms with Crippen molar-refractivity contribution in [1.29, 1.82) is 0 Å². The molecule has 312 valence electrons. The van der Waals surface area contributed by atoms with Gasteiger partial charge in [-0.3, -0.25) is 48.8 Å². The third kappa shape index (κ3) is 8.84. The van der Waals surface area contributed by atoms with Crippen LogP contribution in [0.15, 0.2) is 66.9 Å². The fraction of sp³-hybridized carbons (Fsp3) is 0.349. The van der Waals surface area contributed by atoms with Crippen LogP contribution < -0.4 is 36.1 Å². The van der Waals surface area contributed by atoms with Gasteiger partial charge >= 0.3 is 0 Å². The van der Waals surface area contributed by atoms with Crippen LogP contribution in [0.5, 0.6) is 11.5 Å². The minimum atomic E-state index is -1.09. The van der Waals surface area contributed by atoms with Crippen LogP contribution in [-0.2, 0) is 19.2 Å². The molecule has 7 rings (SSSR count). The number of aromatic nitrogens is 1. The van der Waals surface area contributed by atoms with E-state index < -0.39 is 29.7 Å². The normalized spacial score (nSPS) is 16.6. The lowest BCUT2D eigenvalue weighted by Crippen LogP contribution is -2.54. The summed E-state index contributed by atoms with van der Waals surface area (Å²) in [7, 11) is 3.13. The van der Waals surface area contributed by atoms with Gasteiger partial charge in [0.2, 0.25) is 23.6 Å². The SMILES string of the molecule is CNC(=O)c1cnc2cc(OC)c(OCC3CCN(C(=O)CCCNC(=O)CNc4cccc5c4C(=O)N(C4CCC(=O)NC4=O)C5=O)CC3)cc2c1Nc1ccccc1. The lowest BCUT2D eigenvalue weighted by molar-refractivity contribution is -0.136. The van der Waals surface area contributed by atoms with Gasteiger partial charge in [0.1, 0.15) is 6.04 Å². The number of piperidine rings is 2. The number of hydrogen-bond donors (Lipinski definition) is 5. The fourth-order valence-electron chi connectivity index (χ4n) is 7.66. The summed E-state index contributed by atoms with van der Waals surface area (Å²) >= 11 is 0. The molecule has 3 aliphatic heterocycles. The topological polar surface area (TPSA) is 217 Å². The van der Waals surface area contributed by atoms with Crippen molar-refractivity contribution in [2.45, 2.75) is 44.6 Å². The molecule has 2 fully saturated rings.